The van der Waals surface area contributed by atoms with Crippen LogP contribution in [-0.4, -0.2) is 0 Å². The molecule has 0 saturated heterocycles. The molecule has 3 N–H and O–H groups in total. The fourth-order valence-electron chi connectivity index (χ4n) is 1.72. The van der Waals surface area contributed by atoms with Crippen molar-refractivity contribution in [2.75, 3.05) is 0 Å². The molecule has 1 aromatic carbocycles. The van der Waals surface area contributed by atoms with Crippen LogP contribution >= 0.6 is 11.6 Å². The fourth-order valence-corrected chi connectivity index (χ4v) is 1.87. The molecule has 4 heteroatoms. The SMILES string of the molecule is Cc1ccccc1C(NN)c1ccc(Cl)o1. The maximum Gasteiger partial charge on any atom is 0.193 e. The molecule has 16 heavy (non-hydrogen) atoms. The third kappa shape index (κ3) is 2.11. The second kappa shape index (κ2) is 4.70. The molecule has 0 spiro atoms. The molecule has 1 heterocycles. The van der Waals surface area contributed by atoms with E-state index in [-0.39, 0.29) is 6.04 Å². The number of nitrogens with two attached hydrogens (primary N) is 1. The summed E-state index contributed by atoms with van der Waals surface area (Å²) >= 11 is 5.75. The highest BCUT2D eigenvalue weighted by Crippen LogP contribution is 2.27. The van der Waals surface area contributed by atoms with Crippen molar-refractivity contribution in [2.45, 2.75) is 13.0 Å². The number of aryl methyl sites for hydroxylation is 1. The molecule has 2 aromatic rings. The lowest BCUT2D eigenvalue weighted by Gasteiger charge is -2.15. The van der Waals surface area contributed by atoms with Crippen LogP contribution in [0.1, 0.15) is 22.9 Å². The Labute approximate surface area is 99.2 Å². The summed E-state index contributed by atoms with van der Waals surface area (Å²) in [6.07, 6.45) is 0. The molecule has 0 aliphatic rings. The van der Waals surface area contributed by atoms with Crippen LogP contribution < -0.4 is 11.3 Å². The molecule has 0 aliphatic carbocycles. The third-order valence-corrected chi connectivity index (χ3v) is 2.75. The highest BCUT2D eigenvalue weighted by molar-refractivity contribution is 6.28. The van der Waals surface area contributed by atoms with Crippen molar-refractivity contribution >= 4 is 11.6 Å². The summed E-state index contributed by atoms with van der Waals surface area (Å²) in [6.45, 7) is 2.03. The van der Waals surface area contributed by atoms with Crippen LogP contribution in [0.4, 0.5) is 0 Å². The highest BCUT2D eigenvalue weighted by atomic mass is 35.5. The van der Waals surface area contributed by atoms with E-state index in [4.69, 9.17) is 21.9 Å². The van der Waals surface area contributed by atoms with Crippen molar-refractivity contribution in [3.8, 4) is 0 Å². The first-order chi connectivity index (χ1) is 7.72. The molecule has 0 amide bonds. The predicted molar refractivity (Wildman–Crippen MR) is 64.1 cm³/mol. The Balaban J connectivity index is 2.40. The number of hydrazine groups is 1. The Bertz CT molecular complexity index is 481. The predicted octanol–water partition coefficient (Wildman–Crippen LogP) is 2.79. The Morgan fingerprint density at radius 3 is 2.56 bits per heavy atom. The van der Waals surface area contributed by atoms with Gasteiger partial charge in [-0.25, -0.2) is 5.43 Å². The normalized spacial score (nSPS) is 12.7. The van der Waals surface area contributed by atoms with Crippen LogP contribution in [0.15, 0.2) is 40.8 Å². The number of furan rings is 1. The zero-order valence-corrected chi connectivity index (χ0v) is 9.66. The van der Waals surface area contributed by atoms with Gasteiger partial charge < -0.3 is 4.42 Å². The average molecular weight is 237 g/mol. The minimum absolute atomic E-state index is 0.173. The zero-order valence-electron chi connectivity index (χ0n) is 8.91. The number of rotatable bonds is 3. The number of hydrogen-bond acceptors (Lipinski definition) is 3. The van der Waals surface area contributed by atoms with E-state index >= 15 is 0 Å². The first kappa shape index (κ1) is 11.2. The molecule has 0 aliphatic heterocycles. The van der Waals surface area contributed by atoms with E-state index in [0.29, 0.717) is 11.0 Å². The van der Waals surface area contributed by atoms with E-state index < -0.39 is 0 Å². The second-order valence-electron chi connectivity index (χ2n) is 3.60. The number of nitrogens with one attached hydrogen (secondary N) is 1. The molecule has 3 nitrogen and oxygen atoms in total. The molecule has 0 fully saturated rings. The van der Waals surface area contributed by atoms with E-state index in [9.17, 15) is 0 Å². The Hall–Kier alpha value is -1.29. The second-order valence-corrected chi connectivity index (χ2v) is 3.97. The standard InChI is InChI=1S/C12H13ClN2O/c1-8-4-2-3-5-9(8)12(15-14)10-6-7-11(13)16-10/h2-7,12,15H,14H2,1H3. The van der Waals surface area contributed by atoms with Crippen molar-refractivity contribution < 1.29 is 4.42 Å². The lowest BCUT2D eigenvalue weighted by Crippen LogP contribution is -2.29. The van der Waals surface area contributed by atoms with E-state index in [0.717, 1.165) is 11.1 Å². The van der Waals surface area contributed by atoms with E-state index in [1.54, 1.807) is 6.07 Å². The molecule has 1 unspecified atom stereocenters. The summed E-state index contributed by atoms with van der Waals surface area (Å²) in [6, 6.07) is 11.4. The summed E-state index contributed by atoms with van der Waals surface area (Å²) in [7, 11) is 0. The van der Waals surface area contributed by atoms with Crippen LogP contribution in [0, 0.1) is 6.92 Å². The van der Waals surface area contributed by atoms with E-state index in [1.165, 1.54) is 0 Å². The van der Waals surface area contributed by atoms with Gasteiger partial charge in [-0.05, 0) is 41.8 Å². The minimum Gasteiger partial charge on any atom is -0.448 e. The van der Waals surface area contributed by atoms with E-state index in [1.807, 2.05) is 37.3 Å². The van der Waals surface area contributed by atoms with Crippen LogP contribution in [0.2, 0.25) is 5.22 Å². The van der Waals surface area contributed by atoms with E-state index in [2.05, 4.69) is 5.43 Å². The van der Waals surface area contributed by atoms with Crippen LogP contribution in [0.25, 0.3) is 0 Å². The molecule has 2 rings (SSSR count). The molecular weight excluding hydrogens is 224 g/mol. The fraction of sp³-hybridized carbons (Fsp3) is 0.167. The van der Waals surface area contributed by atoms with Crippen LogP contribution in [-0.2, 0) is 0 Å². The smallest absolute Gasteiger partial charge is 0.193 e. The maximum absolute atomic E-state index is 5.75. The summed E-state index contributed by atoms with van der Waals surface area (Å²) in [5.74, 6) is 6.27. The average Bonchev–Trinajstić information content (AvgIpc) is 2.69. The van der Waals surface area contributed by atoms with Gasteiger partial charge in [0.25, 0.3) is 0 Å². The van der Waals surface area contributed by atoms with Crippen molar-refractivity contribution in [2.24, 2.45) is 5.84 Å². The van der Waals surface area contributed by atoms with Gasteiger partial charge in [0.15, 0.2) is 5.22 Å². The van der Waals surface area contributed by atoms with Gasteiger partial charge in [0.1, 0.15) is 11.8 Å². The highest BCUT2D eigenvalue weighted by Gasteiger charge is 2.17. The zero-order chi connectivity index (χ0) is 11.5. The van der Waals surface area contributed by atoms with Crippen molar-refractivity contribution in [3.63, 3.8) is 0 Å². The van der Waals surface area contributed by atoms with Crippen molar-refractivity contribution in [3.05, 3.63) is 58.5 Å². The largest absolute Gasteiger partial charge is 0.448 e. The van der Waals surface area contributed by atoms with Gasteiger partial charge in [0.05, 0.1) is 0 Å². The molecule has 1 aromatic heterocycles. The van der Waals surface area contributed by atoms with Crippen molar-refractivity contribution in [1.29, 1.82) is 0 Å². The van der Waals surface area contributed by atoms with Crippen LogP contribution in [0.3, 0.4) is 0 Å². The number of halogens is 1. The summed E-state index contributed by atoms with van der Waals surface area (Å²) < 4.78 is 5.37. The third-order valence-electron chi connectivity index (χ3n) is 2.54. The number of hydrogen-bond donors (Lipinski definition) is 2. The monoisotopic (exact) mass is 236 g/mol. The lowest BCUT2D eigenvalue weighted by atomic mass is 10.0. The summed E-state index contributed by atoms with van der Waals surface area (Å²) in [4.78, 5) is 0. The van der Waals surface area contributed by atoms with Gasteiger partial charge >= 0.3 is 0 Å². The minimum atomic E-state index is -0.173. The first-order valence-corrected chi connectivity index (χ1v) is 5.37. The van der Waals surface area contributed by atoms with Gasteiger partial charge in [-0.1, -0.05) is 24.3 Å². The summed E-state index contributed by atoms with van der Waals surface area (Å²) in [5, 5.41) is 0.365. The molecule has 0 saturated carbocycles. The first-order valence-electron chi connectivity index (χ1n) is 4.99. The number of benzene rings is 1. The Morgan fingerprint density at radius 1 is 1.25 bits per heavy atom. The van der Waals surface area contributed by atoms with Gasteiger partial charge in [0.2, 0.25) is 0 Å². The Kier molecular flexibility index (Phi) is 3.29. The quantitative estimate of drug-likeness (QED) is 0.637. The topological polar surface area (TPSA) is 51.2 Å². The Morgan fingerprint density at radius 2 is 2.00 bits per heavy atom. The van der Waals surface area contributed by atoms with Gasteiger partial charge in [-0.15, -0.1) is 0 Å². The van der Waals surface area contributed by atoms with Gasteiger partial charge in [0, 0.05) is 0 Å². The molecule has 1 atom stereocenters. The maximum atomic E-state index is 5.75. The molecule has 84 valence electrons. The van der Waals surface area contributed by atoms with Crippen molar-refractivity contribution in [1.82, 2.24) is 5.43 Å². The molecular formula is C12H13ClN2O. The summed E-state index contributed by atoms with van der Waals surface area (Å²) in [5.41, 5.74) is 4.97. The van der Waals surface area contributed by atoms with Crippen LogP contribution in [0.5, 0.6) is 0 Å². The molecule has 0 bridgehead atoms. The van der Waals surface area contributed by atoms with Gasteiger partial charge in [-0.3, -0.25) is 5.84 Å². The molecule has 0 radical (unpaired) electrons. The van der Waals surface area contributed by atoms with Gasteiger partial charge in [-0.2, -0.15) is 0 Å². The lowest BCUT2D eigenvalue weighted by molar-refractivity contribution is 0.452.